The number of carbonyl (C=O) groups excluding carboxylic acids is 1. The summed E-state index contributed by atoms with van der Waals surface area (Å²) in [5.74, 6) is 1.72. The third kappa shape index (κ3) is 10.4. The molecule has 0 radical (unpaired) electrons. The molecule has 0 aliphatic heterocycles. The Labute approximate surface area is 146 Å². The largest absolute Gasteiger partial charge is 0.356 e. The number of aliphatic imine (C=N–C) groups is 1. The van der Waals surface area contributed by atoms with Crippen molar-refractivity contribution >= 4 is 23.6 Å². The van der Waals surface area contributed by atoms with Crippen molar-refractivity contribution in [2.75, 3.05) is 52.3 Å². The van der Waals surface area contributed by atoms with Crippen LogP contribution in [0.4, 0.5) is 0 Å². The Bertz CT molecular complexity index is 350. The Morgan fingerprint density at radius 2 is 1.65 bits per heavy atom. The van der Waals surface area contributed by atoms with Crippen molar-refractivity contribution in [3.05, 3.63) is 0 Å². The van der Waals surface area contributed by atoms with Crippen molar-refractivity contribution in [3.63, 3.8) is 0 Å². The molecule has 0 saturated heterocycles. The lowest BCUT2D eigenvalue weighted by Crippen LogP contribution is -2.46. The number of rotatable bonds is 10. The van der Waals surface area contributed by atoms with Gasteiger partial charge >= 0.3 is 0 Å². The van der Waals surface area contributed by atoms with Gasteiger partial charge in [0.15, 0.2) is 5.96 Å². The molecule has 136 valence electrons. The third-order valence-corrected chi connectivity index (χ3v) is 4.07. The molecule has 0 aromatic rings. The van der Waals surface area contributed by atoms with Crippen LogP contribution in [0.15, 0.2) is 4.99 Å². The highest BCUT2D eigenvalue weighted by molar-refractivity contribution is 7.98. The fourth-order valence-electron chi connectivity index (χ4n) is 2.15. The molecular weight excluding hydrogens is 310 g/mol. The molecule has 0 saturated carbocycles. The zero-order chi connectivity index (χ0) is 17.8. The third-order valence-electron chi connectivity index (χ3n) is 3.46. The summed E-state index contributed by atoms with van der Waals surface area (Å²) in [6.45, 7) is 11.6. The van der Waals surface area contributed by atoms with Crippen LogP contribution in [0, 0.1) is 0 Å². The van der Waals surface area contributed by atoms with Crippen LogP contribution in [0.5, 0.6) is 0 Å². The standard InChI is InChI=1S/C16H35N5OS/c1-13(2)21(14(3)4)10-8-17-16(18-9-11-23-7)19-12-15(22)20(5)6/h13-14H,8-12H2,1-7H3,(H2,17,18,19). The van der Waals surface area contributed by atoms with E-state index >= 15 is 0 Å². The van der Waals surface area contributed by atoms with Gasteiger partial charge in [-0.05, 0) is 34.0 Å². The maximum absolute atomic E-state index is 11.7. The Balaban J connectivity index is 4.50. The molecule has 0 fully saturated rings. The van der Waals surface area contributed by atoms with Gasteiger partial charge in [0.1, 0.15) is 6.54 Å². The molecular formula is C16H35N5OS. The van der Waals surface area contributed by atoms with E-state index in [0.717, 1.165) is 25.4 Å². The molecule has 0 atom stereocenters. The quantitative estimate of drug-likeness (QED) is 0.353. The maximum Gasteiger partial charge on any atom is 0.243 e. The Hall–Kier alpha value is -0.950. The van der Waals surface area contributed by atoms with Gasteiger partial charge < -0.3 is 15.5 Å². The van der Waals surface area contributed by atoms with Crippen molar-refractivity contribution < 1.29 is 4.79 Å². The lowest BCUT2D eigenvalue weighted by Gasteiger charge is -2.30. The first-order chi connectivity index (χ1) is 10.8. The Morgan fingerprint density at radius 1 is 1.09 bits per heavy atom. The van der Waals surface area contributed by atoms with Crippen molar-refractivity contribution in [3.8, 4) is 0 Å². The van der Waals surface area contributed by atoms with Crippen molar-refractivity contribution in [1.29, 1.82) is 0 Å². The van der Waals surface area contributed by atoms with Crippen molar-refractivity contribution in [2.45, 2.75) is 39.8 Å². The molecule has 0 bridgehead atoms. The summed E-state index contributed by atoms with van der Waals surface area (Å²) in [5, 5.41) is 6.61. The van der Waals surface area contributed by atoms with Crippen LogP contribution in [-0.2, 0) is 4.79 Å². The lowest BCUT2D eigenvalue weighted by atomic mass is 10.2. The second kappa shape index (κ2) is 12.5. The van der Waals surface area contributed by atoms with Gasteiger partial charge in [-0.1, -0.05) is 0 Å². The molecule has 0 aliphatic rings. The van der Waals surface area contributed by atoms with E-state index in [-0.39, 0.29) is 12.5 Å². The molecule has 0 aromatic carbocycles. The first-order valence-electron chi connectivity index (χ1n) is 8.26. The SMILES string of the molecule is CSCCNC(=NCC(=O)N(C)C)NCCN(C(C)C)C(C)C. The molecule has 6 nitrogen and oxygen atoms in total. The fraction of sp³-hybridized carbons (Fsp3) is 0.875. The highest BCUT2D eigenvalue weighted by Crippen LogP contribution is 2.03. The molecule has 23 heavy (non-hydrogen) atoms. The zero-order valence-electron chi connectivity index (χ0n) is 15.8. The first-order valence-corrected chi connectivity index (χ1v) is 9.66. The van der Waals surface area contributed by atoms with Gasteiger partial charge in [0.25, 0.3) is 0 Å². The number of carbonyl (C=O) groups is 1. The molecule has 7 heteroatoms. The van der Waals surface area contributed by atoms with E-state index in [1.807, 2.05) is 0 Å². The number of likely N-dealkylation sites (N-methyl/N-ethyl adjacent to an activating group) is 1. The Morgan fingerprint density at radius 3 is 2.13 bits per heavy atom. The van der Waals surface area contributed by atoms with Gasteiger partial charge in [0.05, 0.1) is 0 Å². The van der Waals surface area contributed by atoms with Gasteiger partial charge in [-0.25, -0.2) is 4.99 Å². The second-order valence-electron chi connectivity index (χ2n) is 6.22. The van der Waals surface area contributed by atoms with E-state index in [1.165, 1.54) is 0 Å². The number of amides is 1. The van der Waals surface area contributed by atoms with E-state index in [2.05, 4.69) is 54.5 Å². The number of hydrogen-bond acceptors (Lipinski definition) is 4. The van der Waals surface area contributed by atoms with Crippen LogP contribution >= 0.6 is 11.8 Å². The number of thioether (sulfide) groups is 1. The predicted molar refractivity (Wildman–Crippen MR) is 102 cm³/mol. The van der Waals surface area contributed by atoms with Crippen LogP contribution in [0.1, 0.15) is 27.7 Å². The number of nitrogens with one attached hydrogen (secondary N) is 2. The number of guanidine groups is 1. The predicted octanol–water partition coefficient (Wildman–Crippen LogP) is 1.09. The number of nitrogens with zero attached hydrogens (tertiary/aromatic N) is 3. The summed E-state index contributed by atoms with van der Waals surface area (Å²) in [6, 6.07) is 1.02. The molecule has 2 N–H and O–H groups in total. The minimum atomic E-state index is 0.00181. The van der Waals surface area contributed by atoms with Gasteiger partial charge in [0.2, 0.25) is 5.91 Å². The maximum atomic E-state index is 11.7. The zero-order valence-corrected chi connectivity index (χ0v) is 16.7. The monoisotopic (exact) mass is 345 g/mol. The van der Waals surface area contributed by atoms with E-state index in [4.69, 9.17) is 0 Å². The van der Waals surface area contributed by atoms with Gasteiger partial charge in [-0.2, -0.15) is 11.8 Å². The first kappa shape index (κ1) is 22.1. The molecule has 0 unspecified atom stereocenters. The van der Waals surface area contributed by atoms with Gasteiger partial charge in [0, 0.05) is 51.6 Å². The summed E-state index contributed by atoms with van der Waals surface area (Å²) >= 11 is 1.78. The summed E-state index contributed by atoms with van der Waals surface area (Å²) in [4.78, 5) is 20.1. The average Bonchev–Trinajstić information content (AvgIpc) is 2.47. The Kier molecular flexibility index (Phi) is 12.0. The van der Waals surface area contributed by atoms with Crippen LogP contribution in [0.3, 0.4) is 0 Å². The van der Waals surface area contributed by atoms with Gasteiger partial charge in [-0.3, -0.25) is 9.69 Å². The van der Waals surface area contributed by atoms with E-state index in [9.17, 15) is 4.79 Å². The average molecular weight is 346 g/mol. The normalized spacial score (nSPS) is 12.2. The summed E-state index contributed by atoms with van der Waals surface area (Å²) in [5.41, 5.74) is 0. The molecule has 0 aliphatic carbocycles. The van der Waals surface area contributed by atoms with Crippen LogP contribution in [-0.4, -0.2) is 86.0 Å². The van der Waals surface area contributed by atoms with Gasteiger partial charge in [-0.15, -0.1) is 0 Å². The van der Waals surface area contributed by atoms with E-state index < -0.39 is 0 Å². The summed E-state index contributed by atoms with van der Waals surface area (Å²) < 4.78 is 0. The smallest absolute Gasteiger partial charge is 0.243 e. The summed E-state index contributed by atoms with van der Waals surface area (Å²) in [6.07, 6.45) is 2.07. The topological polar surface area (TPSA) is 60.0 Å². The number of hydrogen-bond donors (Lipinski definition) is 2. The van der Waals surface area contributed by atoms with Crippen LogP contribution < -0.4 is 10.6 Å². The molecule has 0 heterocycles. The second-order valence-corrected chi connectivity index (χ2v) is 7.21. The van der Waals surface area contributed by atoms with Crippen LogP contribution in [0.2, 0.25) is 0 Å². The summed E-state index contributed by atoms with van der Waals surface area (Å²) in [7, 11) is 3.49. The molecule has 0 rings (SSSR count). The minimum Gasteiger partial charge on any atom is -0.356 e. The van der Waals surface area contributed by atoms with Crippen LogP contribution in [0.25, 0.3) is 0 Å². The van der Waals surface area contributed by atoms with E-state index in [0.29, 0.717) is 18.0 Å². The molecule has 0 aromatic heterocycles. The van der Waals surface area contributed by atoms with Crippen molar-refractivity contribution in [1.82, 2.24) is 20.4 Å². The fourth-order valence-corrected chi connectivity index (χ4v) is 2.46. The molecule has 1 amide bonds. The lowest BCUT2D eigenvalue weighted by molar-refractivity contribution is -0.127. The highest BCUT2D eigenvalue weighted by Gasteiger charge is 2.12. The highest BCUT2D eigenvalue weighted by atomic mass is 32.2. The van der Waals surface area contributed by atoms with Crippen molar-refractivity contribution in [2.24, 2.45) is 4.99 Å². The molecule has 0 spiro atoms. The minimum absolute atomic E-state index is 0.00181. The van der Waals surface area contributed by atoms with E-state index in [1.54, 1.807) is 30.8 Å².